The minimum absolute atomic E-state index is 0.148. The number of imide groups is 2. The fourth-order valence-corrected chi connectivity index (χ4v) is 1.67. The molecule has 1 saturated heterocycles. The van der Waals surface area contributed by atoms with E-state index in [0.29, 0.717) is 0 Å². The van der Waals surface area contributed by atoms with Gasteiger partial charge in [-0.3, -0.25) is 24.6 Å². The van der Waals surface area contributed by atoms with Crippen LogP contribution in [-0.2, 0) is 9.59 Å². The van der Waals surface area contributed by atoms with E-state index in [1.54, 1.807) is 0 Å². The van der Waals surface area contributed by atoms with E-state index in [-0.39, 0.29) is 11.4 Å². The molecule has 0 spiro atoms. The number of urea groups is 1. The largest absolute Gasteiger partial charge is 0.337 e. The van der Waals surface area contributed by atoms with Gasteiger partial charge in [0.15, 0.2) is 0 Å². The van der Waals surface area contributed by atoms with Crippen molar-refractivity contribution in [2.24, 2.45) is 0 Å². The number of rotatable bonds is 2. The molecule has 0 bridgehead atoms. The first-order chi connectivity index (χ1) is 8.91. The van der Waals surface area contributed by atoms with E-state index in [0.717, 1.165) is 9.80 Å². The number of nitro benzene ring substituents is 1. The third kappa shape index (κ3) is 2.15. The van der Waals surface area contributed by atoms with E-state index in [4.69, 9.17) is 0 Å². The average molecular weight is 263 g/mol. The topological polar surface area (TPSA) is 101 Å². The van der Waals surface area contributed by atoms with Crippen molar-refractivity contribution < 1.29 is 19.3 Å². The van der Waals surface area contributed by atoms with Crippen molar-refractivity contribution in [2.45, 2.75) is 6.42 Å². The molecule has 2 rings (SSSR count). The van der Waals surface area contributed by atoms with Crippen LogP contribution in [-0.4, -0.2) is 34.7 Å². The Kier molecular flexibility index (Phi) is 2.99. The number of amides is 4. The van der Waals surface area contributed by atoms with Gasteiger partial charge in [0.25, 0.3) is 5.69 Å². The van der Waals surface area contributed by atoms with E-state index in [1.807, 2.05) is 0 Å². The molecular weight excluding hydrogens is 254 g/mol. The van der Waals surface area contributed by atoms with Gasteiger partial charge in [0.05, 0.1) is 10.6 Å². The Morgan fingerprint density at radius 1 is 1.11 bits per heavy atom. The summed E-state index contributed by atoms with van der Waals surface area (Å²) >= 11 is 0. The van der Waals surface area contributed by atoms with Crippen molar-refractivity contribution in [2.75, 3.05) is 11.9 Å². The molecule has 0 N–H and O–H groups in total. The molecule has 1 aromatic rings. The third-order valence-electron chi connectivity index (χ3n) is 2.72. The van der Waals surface area contributed by atoms with Crippen LogP contribution in [0.25, 0.3) is 0 Å². The summed E-state index contributed by atoms with van der Waals surface area (Å²) in [4.78, 5) is 46.4. The lowest BCUT2D eigenvalue weighted by Crippen LogP contribution is -2.53. The van der Waals surface area contributed by atoms with Crippen LogP contribution < -0.4 is 4.90 Å². The minimum Gasteiger partial charge on any atom is -0.274 e. The SMILES string of the molecule is CN1C(=O)CC(=O)N(c2ccc([N+](=O)[O-])cc2)C1=O. The summed E-state index contributed by atoms with van der Waals surface area (Å²) in [5.41, 5.74) is 0.0463. The molecule has 1 aromatic carbocycles. The molecular formula is C11H9N3O5. The Labute approximate surface area is 107 Å². The maximum atomic E-state index is 11.8. The minimum atomic E-state index is -0.768. The number of hydrogen-bond donors (Lipinski definition) is 0. The number of nitrogens with zero attached hydrogens (tertiary/aromatic N) is 3. The van der Waals surface area contributed by atoms with Crippen molar-refractivity contribution in [3.63, 3.8) is 0 Å². The highest BCUT2D eigenvalue weighted by atomic mass is 16.6. The summed E-state index contributed by atoms with van der Waals surface area (Å²) < 4.78 is 0. The van der Waals surface area contributed by atoms with Gasteiger partial charge < -0.3 is 0 Å². The lowest BCUT2D eigenvalue weighted by Gasteiger charge is -2.30. The molecule has 1 heterocycles. The Morgan fingerprint density at radius 3 is 2.21 bits per heavy atom. The fourth-order valence-electron chi connectivity index (χ4n) is 1.67. The predicted octanol–water partition coefficient (Wildman–Crippen LogP) is 0.910. The molecule has 0 saturated carbocycles. The molecule has 0 atom stereocenters. The van der Waals surface area contributed by atoms with Crippen molar-refractivity contribution in [3.05, 3.63) is 34.4 Å². The van der Waals surface area contributed by atoms with Gasteiger partial charge in [-0.1, -0.05) is 0 Å². The van der Waals surface area contributed by atoms with E-state index < -0.39 is 29.2 Å². The van der Waals surface area contributed by atoms with Crippen LogP contribution in [0.5, 0.6) is 0 Å². The number of benzene rings is 1. The second kappa shape index (κ2) is 4.48. The number of carbonyl (C=O) groups is 3. The van der Waals surface area contributed by atoms with Crippen molar-refractivity contribution in [3.8, 4) is 0 Å². The molecule has 1 aliphatic rings. The number of barbiturate groups is 1. The van der Waals surface area contributed by atoms with Crippen LogP contribution in [0.4, 0.5) is 16.2 Å². The van der Waals surface area contributed by atoms with Gasteiger partial charge in [0.2, 0.25) is 11.8 Å². The Balaban J connectivity index is 2.35. The highest BCUT2D eigenvalue weighted by molar-refractivity contribution is 6.26. The zero-order chi connectivity index (χ0) is 14.2. The molecule has 0 aromatic heterocycles. The number of anilines is 1. The van der Waals surface area contributed by atoms with Gasteiger partial charge in [-0.25, -0.2) is 9.69 Å². The highest BCUT2D eigenvalue weighted by Crippen LogP contribution is 2.23. The Bertz CT molecular complexity index is 580. The van der Waals surface area contributed by atoms with Crippen LogP contribution in [0, 0.1) is 10.1 Å². The summed E-state index contributed by atoms with van der Waals surface area (Å²) in [6.07, 6.45) is -0.404. The van der Waals surface area contributed by atoms with Gasteiger partial charge in [0, 0.05) is 19.2 Å². The lowest BCUT2D eigenvalue weighted by atomic mass is 10.2. The number of carbonyl (C=O) groups excluding carboxylic acids is 3. The monoisotopic (exact) mass is 263 g/mol. The Hall–Kier alpha value is -2.77. The van der Waals surface area contributed by atoms with Crippen LogP contribution in [0.2, 0.25) is 0 Å². The highest BCUT2D eigenvalue weighted by Gasteiger charge is 2.36. The molecule has 1 fully saturated rings. The van der Waals surface area contributed by atoms with Gasteiger partial charge in [-0.2, -0.15) is 0 Å². The summed E-state index contributed by atoms with van der Waals surface area (Å²) in [7, 11) is 1.27. The maximum Gasteiger partial charge on any atom is 0.337 e. The molecule has 8 heteroatoms. The van der Waals surface area contributed by atoms with Crippen LogP contribution in [0.1, 0.15) is 6.42 Å². The second-order valence-electron chi connectivity index (χ2n) is 3.91. The van der Waals surface area contributed by atoms with Crippen LogP contribution in [0.15, 0.2) is 24.3 Å². The van der Waals surface area contributed by atoms with E-state index in [9.17, 15) is 24.5 Å². The normalized spacial score (nSPS) is 15.9. The van der Waals surface area contributed by atoms with E-state index in [1.165, 1.54) is 31.3 Å². The fraction of sp³-hybridized carbons (Fsp3) is 0.182. The zero-order valence-corrected chi connectivity index (χ0v) is 9.90. The predicted molar refractivity (Wildman–Crippen MR) is 63.4 cm³/mol. The Morgan fingerprint density at radius 2 is 1.68 bits per heavy atom. The molecule has 8 nitrogen and oxygen atoms in total. The van der Waals surface area contributed by atoms with Gasteiger partial charge in [-0.05, 0) is 12.1 Å². The van der Waals surface area contributed by atoms with Gasteiger partial charge in [-0.15, -0.1) is 0 Å². The van der Waals surface area contributed by atoms with Crippen molar-refractivity contribution >= 4 is 29.2 Å². The second-order valence-corrected chi connectivity index (χ2v) is 3.91. The van der Waals surface area contributed by atoms with Crippen molar-refractivity contribution in [1.82, 2.24) is 4.90 Å². The first-order valence-corrected chi connectivity index (χ1v) is 5.29. The first-order valence-electron chi connectivity index (χ1n) is 5.29. The standard InChI is InChI=1S/C11H9N3O5/c1-12-9(15)6-10(16)13(11(12)17)7-2-4-8(5-3-7)14(18)19/h2-5H,6H2,1H3. The lowest BCUT2D eigenvalue weighted by molar-refractivity contribution is -0.384. The van der Waals surface area contributed by atoms with Crippen molar-refractivity contribution in [1.29, 1.82) is 0 Å². The quantitative estimate of drug-likeness (QED) is 0.448. The molecule has 4 amide bonds. The van der Waals surface area contributed by atoms with E-state index in [2.05, 4.69) is 0 Å². The van der Waals surface area contributed by atoms with Gasteiger partial charge >= 0.3 is 6.03 Å². The summed E-state index contributed by atoms with van der Waals surface area (Å²) in [6, 6.07) is 4.18. The molecule has 0 aliphatic carbocycles. The number of non-ortho nitro benzene ring substituents is 1. The molecule has 0 radical (unpaired) electrons. The zero-order valence-electron chi connectivity index (χ0n) is 9.90. The summed E-state index contributed by atoms with van der Waals surface area (Å²) in [5.74, 6) is -1.23. The number of hydrogen-bond acceptors (Lipinski definition) is 5. The first kappa shape index (κ1) is 12.7. The smallest absolute Gasteiger partial charge is 0.274 e. The molecule has 0 unspecified atom stereocenters. The summed E-state index contributed by atoms with van der Waals surface area (Å²) in [6.45, 7) is 0. The average Bonchev–Trinajstić information content (AvgIpc) is 2.37. The van der Waals surface area contributed by atoms with E-state index >= 15 is 0 Å². The number of nitro groups is 1. The summed E-state index contributed by atoms with van der Waals surface area (Å²) in [5, 5.41) is 10.5. The van der Waals surface area contributed by atoms with Gasteiger partial charge in [0.1, 0.15) is 6.42 Å². The molecule has 19 heavy (non-hydrogen) atoms. The molecule has 1 aliphatic heterocycles. The maximum absolute atomic E-state index is 11.8. The van der Waals surface area contributed by atoms with Crippen LogP contribution >= 0.6 is 0 Å². The molecule has 98 valence electrons. The van der Waals surface area contributed by atoms with Crippen LogP contribution in [0.3, 0.4) is 0 Å². The third-order valence-corrected chi connectivity index (χ3v) is 2.72.